The molecule has 0 aromatic carbocycles. The van der Waals surface area contributed by atoms with Gasteiger partial charge in [-0.2, -0.15) is 0 Å². The summed E-state index contributed by atoms with van der Waals surface area (Å²) < 4.78 is 0. The van der Waals surface area contributed by atoms with Gasteiger partial charge in [-0.15, -0.1) is 0 Å². The molecule has 0 saturated carbocycles. The monoisotopic (exact) mass is 318 g/mol. The average molecular weight is 319 g/mol. The van der Waals surface area contributed by atoms with Crippen molar-refractivity contribution >= 4 is 0 Å². The summed E-state index contributed by atoms with van der Waals surface area (Å²) in [4.78, 5) is 4.58. The van der Waals surface area contributed by atoms with E-state index in [9.17, 15) is 0 Å². The van der Waals surface area contributed by atoms with Gasteiger partial charge in [0.1, 0.15) is 0 Å². The van der Waals surface area contributed by atoms with Crippen molar-refractivity contribution < 1.29 is 0 Å². The summed E-state index contributed by atoms with van der Waals surface area (Å²) in [5.41, 5.74) is 22.3. The Labute approximate surface area is 135 Å². The fourth-order valence-corrected chi connectivity index (χ4v) is 2.30. The first-order chi connectivity index (χ1) is 10.8. The summed E-state index contributed by atoms with van der Waals surface area (Å²) >= 11 is 0. The molecule has 0 aliphatic rings. The number of nitrogens with two attached hydrogens (primary N) is 4. The van der Waals surface area contributed by atoms with E-state index < -0.39 is 0 Å². The number of nitrogens with one attached hydrogen (secondary N) is 2. The smallest absolute Gasteiger partial charge is 0.0108 e. The van der Waals surface area contributed by atoms with Crippen LogP contribution >= 0.6 is 0 Å². The van der Waals surface area contributed by atoms with Gasteiger partial charge in [0, 0.05) is 91.6 Å². The molecule has 0 aromatic heterocycles. The Kier molecular flexibility index (Phi) is 16.8. The number of rotatable bonds is 17. The number of hydrogen-bond donors (Lipinski definition) is 6. The van der Waals surface area contributed by atoms with Crippen LogP contribution in [0.15, 0.2) is 0 Å². The van der Waals surface area contributed by atoms with Gasteiger partial charge in [0.15, 0.2) is 0 Å². The van der Waals surface area contributed by atoms with Crippen molar-refractivity contribution in [2.75, 3.05) is 91.6 Å². The molecule has 0 amide bonds. The highest BCUT2D eigenvalue weighted by molar-refractivity contribution is 4.63. The molecule has 0 fully saturated rings. The van der Waals surface area contributed by atoms with E-state index in [0.717, 1.165) is 65.4 Å². The van der Waals surface area contributed by atoms with Crippen LogP contribution in [0, 0.1) is 0 Å². The number of nitrogens with zero attached hydrogens (tertiary/aromatic N) is 2. The lowest BCUT2D eigenvalue weighted by Gasteiger charge is -2.21. The Morgan fingerprint density at radius 2 is 0.773 bits per heavy atom. The summed E-state index contributed by atoms with van der Waals surface area (Å²) in [5.74, 6) is 0. The molecule has 8 heteroatoms. The standard InChI is InChI=1S/C14H38N8/c15-1-9-21(10-2-16)13-7-19-5-6-20-8-14-22(11-3-17)12-4-18/h19-20H,1-18H2. The summed E-state index contributed by atoms with van der Waals surface area (Å²) in [6.07, 6.45) is 0. The van der Waals surface area contributed by atoms with Crippen LogP contribution in [-0.4, -0.2) is 101 Å². The van der Waals surface area contributed by atoms with Crippen molar-refractivity contribution in [1.29, 1.82) is 0 Å². The Bertz CT molecular complexity index is 183. The Balaban J connectivity index is 3.44. The second-order valence-electron chi connectivity index (χ2n) is 5.34. The van der Waals surface area contributed by atoms with E-state index >= 15 is 0 Å². The van der Waals surface area contributed by atoms with Crippen LogP contribution < -0.4 is 33.6 Å². The maximum atomic E-state index is 5.58. The van der Waals surface area contributed by atoms with Gasteiger partial charge >= 0.3 is 0 Å². The molecule has 0 rings (SSSR count). The zero-order valence-electron chi connectivity index (χ0n) is 14.1. The van der Waals surface area contributed by atoms with Gasteiger partial charge in [-0.1, -0.05) is 0 Å². The van der Waals surface area contributed by atoms with Gasteiger partial charge in [-0.3, -0.25) is 9.80 Å². The van der Waals surface area contributed by atoms with Crippen molar-refractivity contribution in [3.8, 4) is 0 Å². The third-order valence-corrected chi connectivity index (χ3v) is 3.47. The van der Waals surface area contributed by atoms with Crippen molar-refractivity contribution in [3.05, 3.63) is 0 Å². The van der Waals surface area contributed by atoms with E-state index in [4.69, 9.17) is 22.9 Å². The maximum absolute atomic E-state index is 5.58. The molecule has 0 atom stereocenters. The lowest BCUT2D eigenvalue weighted by molar-refractivity contribution is 0.284. The number of hydrogen-bond acceptors (Lipinski definition) is 8. The van der Waals surface area contributed by atoms with E-state index in [1.54, 1.807) is 0 Å². The summed E-state index contributed by atoms with van der Waals surface area (Å²) in [6, 6.07) is 0. The molecule has 0 radical (unpaired) electrons. The van der Waals surface area contributed by atoms with E-state index in [2.05, 4.69) is 20.4 Å². The van der Waals surface area contributed by atoms with Gasteiger partial charge in [0.2, 0.25) is 0 Å². The highest BCUT2D eigenvalue weighted by Gasteiger charge is 2.02. The van der Waals surface area contributed by atoms with Crippen molar-refractivity contribution in [2.24, 2.45) is 22.9 Å². The van der Waals surface area contributed by atoms with Crippen LogP contribution in [0.3, 0.4) is 0 Å². The first-order valence-electron chi connectivity index (χ1n) is 8.44. The largest absolute Gasteiger partial charge is 0.329 e. The van der Waals surface area contributed by atoms with Crippen LogP contribution in [0.4, 0.5) is 0 Å². The third-order valence-electron chi connectivity index (χ3n) is 3.47. The summed E-state index contributed by atoms with van der Waals surface area (Å²) in [7, 11) is 0. The molecule has 0 aliphatic heterocycles. The SMILES string of the molecule is NCCN(CCN)CCNCCNCCN(CCN)CCN. The predicted molar refractivity (Wildman–Crippen MR) is 94.8 cm³/mol. The van der Waals surface area contributed by atoms with Crippen LogP contribution in [0.25, 0.3) is 0 Å². The van der Waals surface area contributed by atoms with Crippen molar-refractivity contribution in [3.63, 3.8) is 0 Å². The Morgan fingerprint density at radius 3 is 1.05 bits per heavy atom. The third kappa shape index (κ3) is 13.4. The van der Waals surface area contributed by atoms with Crippen LogP contribution in [-0.2, 0) is 0 Å². The molecule has 0 unspecified atom stereocenters. The lowest BCUT2D eigenvalue weighted by Crippen LogP contribution is -2.41. The molecular formula is C14H38N8. The van der Waals surface area contributed by atoms with E-state index in [1.165, 1.54) is 0 Å². The molecule has 0 saturated heterocycles. The second kappa shape index (κ2) is 17.0. The minimum absolute atomic E-state index is 0.684. The Morgan fingerprint density at radius 1 is 0.455 bits per heavy atom. The van der Waals surface area contributed by atoms with Crippen molar-refractivity contribution in [1.82, 2.24) is 20.4 Å². The molecular weight excluding hydrogens is 280 g/mol. The molecule has 0 bridgehead atoms. The molecule has 0 heterocycles. The lowest BCUT2D eigenvalue weighted by atomic mass is 10.4. The van der Waals surface area contributed by atoms with E-state index in [0.29, 0.717) is 26.2 Å². The van der Waals surface area contributed by atoms with Gasteiger partial charge in [-0.25, -0.2) is 0 Å². The molecule has 0 aliphatic carbocycles. The molecule has 0 aromatic rings. The van der Waals surface area contributed by atoms with Gasteiger partial charge in [0.25, 0.3) is 0 Å². The second-order valence-corrected chi connectivity index (χ2v) is 5.34. The van der Waals surface area contributed by atoms with E-state index in [-0.39, 0.29) is 0 Å². The van der Waals surface area contributed by atoms with Gasteiger partial charge in [-0.05, 0) is 0 Å². The Hall–Kier alpha value is -0.320. The molecule has 134 valence electrons. The first-order valence-corrected chi connectivity index (χ1v) is 8.44. The zero-order chi connectivity index (χ0) is 16.5. The summed E-state index contributed by atoms with van der Waals surface area (Å²) in [6.45, 7) is 12.2. The highest BCUT2D eigenvalue weighted by atomic mass is 15.2. The molecule has 0 spiro atoms. The van der Waals surface area contributed by atoms with Gasteiger partial charge < -0.3 is 33.6 Å². The minimum atomic E-state index is 0.684. The van der Waals surface area contributed by atoms with E-state index in [1.807, 2.05) is 0 Å². The van der Waals surface area contributed by atoms with Crippen molar-refractivity contribution in [2.45, 2.75) is 0 Å². The average Bonchev–Trinajstić information content (AvgIpc) is 2.50. The molecule has 10 N–H and O–H groups in total. The minimum Gasteiger partial charge on any atom is -0.329 e. The topological polar surface area (TPSA) is 135 Å². The molecule has 22 heavy (non-hydrogen) atoms. The predicted octanol–water partition coefficient (Wildman–Crippen LogP) is -3.40. The zero-order valence-corrected chi connectivity index (χ0v) is 14.1. The highest BCUT2D eigenvalue weighted by Crippen LogP contribution is 1.84. The first kappa shape index (κ1) is 21.7. The molecule has 8 nitrogen and oxygen atoms in total. The quantitative estimate of drug-likeness (QED) is 0.153. The maximum Gasteiger partial charge on any atom is 0.0108 e. The van der Waals surface area contributed by atoms with Gasteiger partial charge in [0.05, 0.1) is 0 Å². The van der Waals surface area contributed by atoms with Crippen LogP contribution in [0.2, 0.25) is 0 Å². The summed E-state index contributed by atoms with van der Waals surface area (Å²) in [5, 5.41) is 6.86. The fraction of sp³-hybridized carbons (Fsp3) is 1.00. The fourth-order valence-electron chi connectivity index (χ4n) is 2.30. The normalized spacial score (nSPS) is 11.7. The van der Waals surface area contributed by atoms with Crippen LogP contribution in [0.1, 0.15) is 0 Å². The van der Waals surface area contributed by atoms with Crippen LogP contribution in [0.5, 0.6) is 0 Å².